The minimum absolute atomic E-state index is 0.00310. The van der Waals surface area contributed by atoms with Gasteiger partial charge in [-0.1, -0.05) is 32.0 Å². The van der Waals surface area contributed by atoms with Crippen LogP contribution in [0.25, 0.3) is 0 Å². The Morgan fingerprint density at radius 3 is 2.65 bits per heavy atom. The molecule has 0 aliphatic carbocycles. The van der Waals surface area contributed by atoms with Gasteiger partial charge >= 0.3 is 5.97 Å². The zero-order chi connectivity index (χ0) is 17.0. The second kappa shape index (κ2) is 8.15. The third-order valence-electron chi connectivity index (χ3n) is 4.16. The van der Waals surface area contributed by atoms with Crippen molar-refractivity contribution in [2.45, 2.75) is 75.6 Å². The first-order chi connectivity index (χ1) is 11.0. The molecule has 0 aromatic carbocycles. The van der Waals surface area contributed by atoms with E-state index in [1.54, 1.807) is 0 Å². The van der Waals surface area contributed by atoms with Gasteiger partial charge in [-0.05, 0) is 33.9 Å². The molecule has 0 N–H and O–H groups in total. The maximum absolute atomic E-state index is 11.9. The molecule has 0 spiro atoms. The zero-order valence-corrected chi connectivity index (χ0v) is 15.6. The predicted octanol–water partition coefficient (Wildman–Crippen LogP) is 2.89. The minimum atomic E-state index is -0.165. The molecule has 1 aromatic rings. The molecule has 1 aliphatic rings. The van der Waals surface area contributed by atoms with Gasteiger partial charge in [-0.15, -0.1) is 10.2 Å². The Hall–Kier alpha value is -1.08. The van der Waals surface area contributed by atoms with E-state index in [9.17, 15) is 4.79 Å². The summed E-state index contributed by atoms with van der Waals surface area (Å²) in [6, 6.07) is 0.239. The number of thioether (sulfide) groups is 1. The van der Waals surface area contributed by atoms with E-state index >= 15 is 0 Å². The lowest BCUT2D eigenvalue weighted by Gasteiger charge is -2.23. The van der Waals surface area contributed by atoms with Gasteiger partial charge in [0, 0.05) is 13.0 Å². The summed E-state index contributed by atoms with van der Waals surface area (Å²) in [6.07, 6.45) is 3.91. The van der Waals surface area contributed by atoms with Gasteiger partial charge in [0.25, 0.3) is 0 Å². The molecule has 0 bridgehead atoms. The highest BCUT2D eigenvalue weighted by Gasteiger charge is 2.34. The number of hydrogen-bond donors (Lipinski definition) is 0. The Morgan fingerprint density at radius 1 is 1.39 bits per heavy atom. The summed E-state index contributed by atoms with van der Waals surface area (Å²) in [5, 5.41) is 9.50. The zero-order valence-electron chi connectivity index (χ0n) is 14.8. The molecule has 130 valence electrons. The quantitative estimate of drug-likeness (QED) is 0.678. The van der Waals surface area contributed by atoms with Crippen molar-refractivity contribution < 1.29 is 9.53 Å². The van der Waals surface area contributed by atoms with Gasteiger partial charge in [-0.25, -0.2) is 0 Å². The Morgan fingerprint density at radius 2 is 2.13 bits per heavy atom. The molecule has 7 heteroatoms. The first-order valence-corrected chi connectivity index (χ1v) is 9.32. The number of cyclic esters (lactones) is 1. The van der Waals surface area contributed by atoms with Gasteiger partial charge in [0.05, 0.1) is 6.04 Å². The van der Waals surface area contributed by atoms with Gasteiger partial charge in [-0.3, -0.25) is 9.69 Å². The molecule has 3 atom stereocenters. The monoisotopic (exact) mass is 340 g/mol. The third kappa shape index (κ3) is 4.26. The van der Waals surface area contributed by atoms with Crippen molar-refractivity contribution in [3.8, 4) is 0 Å². The maximum atomic E-state index is 11.9. The number of aromatic nitrogens is 3. The largest absolute Gasteiger partial charge is 0.462 e. The number of unbranched alkanes of at least 4 members (excludes halogenated alkanes) is 1. The molecule has 1 fully saturated rings. The van der Waals surface area contributed by atoms with E-state index in [-0.39, 0.29) is 23.4 Å². The average Bonchev–Trinajstić information content (AvgIpc) is 3.01. The highest BCUT2D eigenvalue weighted by Crippen LogP contribution is 2.33. The summed E-state index contributed by atoms with van der Waals surface area (Å²) in [4.78, 5) is 14.1. The number of rotatable bonds is 8. The molecule has 2 heterocycles. The van der Waals surface area contributed by atoms with E-state index in [1.165, 1.54) is 11.8 Å². The molecule has 0 amide bonds. The highest BCUT2D eigenvalue weighted by molar-refractivity contribution is 8.00. The van der Waals surface area contributed by atoms with Crippen LogP contribution < -0.4 is 0 Å². The van der Waals surface area contributed by atoms with Crippen molar-refractivity contribution in [1.29, 1.82) is 0 Å². The molecule has 1 aromatic heterocycles. The van der Waals surface area contributed by atoms with Crippen LogP contribution in [-0.2, 0) is 16.1 Å². The number of ether oxygens (including phenoxy) is 1. The summed E-state index contributed by atoms with van der Waals surface area (Å²) in [5.74, 6) is 0.863. The summed E-state index contributed by atoms with van der Waals surface area (Å²) in [5.41, 5.74) is 0. The second-order valence-corrected chi connectivity index (χ2v) is 7.49. The average molecular weight is 340 g/mol. The number of carbonyl (C=O) groups excluding carboxylic acids is 1. The van der Waals surface area contributed by atoms with Gasteiger partial charge < -0.3 is 9.30 Å². The SMILES string of the molecule is CCCCn1c(SC2CC(C)OC2=O)nnc1C(CC)N(C)C. The number of hydrogen-bond acceptors (Lipinski definition) is 6. The van der Waals surface area contributed by atoms with Crippen molar-refractivity contribution in [2.75, 3.05) is 14.1 Å². The molecule has 3 unspecified atom stereocenters. The van der Waals surface area contributed by atoms with Crippen LogP contribution in [0.15, 0.2) is 5.16 Å². The highest BCUT2D eigenvalue weighted by atomic mass is 32.2. The van der Waals surface area contributed by atoms with Crippen LogP contribution in [0.1, 0.15) is 58.3 Å². The predicted molar refractivity (Wildman–Crippen MR) is 91.5 cm³/mol. The van der Waals surface area contributed by atoms with E-state index in [4.69, 9.17) is 4.74 Å². The van der Waals surface area contributed by atoms with Crippen molar-refractivity contribution in [3.63, 3.8) is 0 Å². The smallest absolute Gasteiger partial charge is 0.319 e. The molecule has 6 nitrogen and oxygen atoms in total. The maximum Gasteiger partial charge on any atom is 0.319 e. The number of esters is 1. The van der Waals surface area contributed by atoms with Crippen molar-refractivity contribution in [3.05, 3.63) is 5.82 Å². The summed E-state index contributed by atoms with van der Waals surface area (Å²) in [7, 11) is 4.13. The Labute approximate surface area is 143 Å². The van der Waals surface area contributed by atoms with Crippen LogP contribution in [0.2, 0.25) is 0 Å². The first-order valence-electron chi connectivity index (χ1n) is 8.44. The molecule has 2 rings (SSSR count). The molecule has 1 saturated heterocycles. The second-order valence-electron chi connectivity index (χ2n) is 6.32. The Bertz CT molecular complexity index is 532. The third-order valence-corrected chi connectivity index (χ3v) is 5.34. The lowest BCUT2D eigenvalue weighted by molar-refractivity contribution is -0.140. The first kappa shape index (κ1) is 18.3. The summed E-state index contributed by atoms with van der Waals surface area (Å²) in [6.45, 7) is 7.16. The standard InChI is InChI=1S/C16H28N4O2S/c1-6-8-9-20-14(12(7-2)19(4)5)17-18-16(20)23-13-10-11(3)22-15(13)21/h11-13H,6-10H2,1-5H3. The van der Waals surface area contributed by atoms with E-state index < -0.39 is 0 Å². The lowest BCUT2D eigenvalue weighted by atomic mass is 10.2. The summed E-state index contributed by atoms with van der Waals surface area (Å²) >= 11 is 1.50. The molecular formula is C16H28N4O2S. The van der Waals surface area contributed by atoms with Crippen LogP contribution in [0.3, 0.4) is 0 Å². The fraction of sp³-hybridized carbons (Fsp3) is 0.812. The van der Waals surface area contributed by atoms with Crippen LogP contribution in [0.4, 0.5) is 0 Å². The van der Waals surface area contributed by atoms with Gasteiger partial charge in [-0.2, -0.15) is 0 Å². The van der Waals surface area contributed by atoms with Gasteiger partial charge in [0.2, 0.25) is 0 Å². The van der Waals surface area contributed by atoms with Gasteiger partial charge in [0.1, 0.15) is 11.4 Å². The number of nitrogens with zero attached hydrogens (tertiary/aromatic N) is 4. The van der Waals surface area contributed by atoms with E-state index in [2.05, 4.69) is 47.6 Å². The van der Waals surface area contributed by atoms with Crippen molar-refractivity contribution >= 4 is 17.7 Å². The van der Waals surface area contributed by atoms with Crippen LogP contribution in [0.5, 0.6) is 0 Å². The normalized spacial score (nSPS) is 22.6. The van der Waals surface area contributed by atoms with E-state index in [1.807, 2.05) is 6.92 Å². The molecule has 0 saturated carbocycles. The van der Waals surface area contributed by atoms with Crippen molar-refractivity contribution in [2.24, 2.45) is 0 Å². The van der Waals surface area contributed by atoms with Crippen molar-refractivity contribution in [1.82, 2.24) is 19.7 Å². The van der Waals surface area contributed by atoms with Crippen LogP contribution in [-0.4, -0.2) is 51.1 Å². The van der Waals surface area contributed by atoms with Crippen LogP contribution in [0, 0.1) is 0 Å². The topological polar surface area (TPSA) is 60.3 Å². The molecular weight excluding hydrogens is 312 g/mol. The van der Waals surface area contributed by atoms with E-state index in [0.717, 1.165) is 43.2 Å². The molecule has 0 radical (unpaired) electrons. The van der Waals surface area contributed by atoms with Crippen LogP contribution >= 0.6 is 11.8 Å². The lowest BCUT2D eigenvalue weighted by Crippen LogP contribution is -2.23. The Balaban J connectivity index is 2.24. The fourth-order valence-electron chi connectivity index (χ4n) is 2.88. The number of carbonyl (C=O) groups is 1. The van der Waals surface area contributed by atoms with E-state index in [0.29, 0.717) is 0 Å². The minimum Gasteiger partial charge on any atom is -0.462 e. The Kier molecular flexibility index (Phi) is 6.47. The molecule has 23 heavy (non-hydrogen) atoms. The molecule has 1 aliphatic heterocycles. The fourth-order valence-corrected chi connectivity index (χ4v) is 4.06. The summed E-state index contributed by atoms with van der Waals surface area (Å²) < 4.78 is 7.45. The van der Waals surface area contributed by atoms with Gasteiger partial charge in [0.15, 0.2) is 11.0 Å².